The molecule has 0 aliphatic carbocycles. The molecule has 0 amide bonds. The molecule has 2 aliphatic heterocycles. The standard InChI is InChI=1S/C17H26N2O/c1-12(2)19-8-7-17(11-19)10-15(18-4)14-9-13(3)5-6-16(14)20-17/h5-6,9,12,15,18H,7-8,10-11H2,1-4H3. The van der Waals surface area contributed by atoms with Crippen molar-refractivity contribution in [3.63, 3.8) is 0 Å². The van der Waals surface area contributed by atoms with Gasteiger partial charge in [-0.05, 0) is 33.9 Å². The minimum Gasteiger partial charge on any atom is -0.485 e. The first-order chi connectivity index (χ1) is 9.53. The van der Waals surface area contributed by atoms with E-state index in [-0.39, 0.29) is 5.60 Å². The van der Waals surface area contributed by atoms with Crippen LogP contribution in [-0.2, 0) is 0 Å². The van der Waals surface area contributed by atoms with Crippen molar-refractivity contribution < 1.29 is 4.74 Å². The molecule has 0 saturated carbocycles. The Morgan fingerprint density at radius 1 is 1.40 bits per heavy atom. The van der Waals surface area contributed by atoms with E-state index in [4.69, 9.17) is 4.74 Å². The van der Waals surface area contributed by atoms with Crippen LogP contribution in [0.2, 0.25) is 0 Å². The lowest BCUT2D eigenvalue weighted by Gasteiger charge is -2.40. The SMILES string of the molecule is CNC1CC2(CCN(C(C)C)C2)Oc2ccc(C)cc21. The predicted molar refractivity (Wildman–Crippen MR) is 82.3 cm³/mol. The summed E-state index contributed by atoms with van der Waals surface area (Å²) in [7, 11) is 2.06. The maximum Gasteiger partial charge on any atom is 0.125 e. The summed E-state index contributed by atoms with van der Waals surface area (Å²) in [6.07, 6.45) is 2.21. The second-order valence-electron chi connectivity index (χ2n) is 6.69. The number of fused-ring (bicyclic) bond motifs is 1. The molecule has 2 atom stereocenters. The van der Waals surface area contributed by atoms with Gasteiger partial charge in [0.15, 0.2) is 0 Å². The Hall–Kier alpha value is -1.06. The van der Waals surface area contributed by atoms with E-state index in [0.717, 1.165) is 31.7 Å². The Morgan fingerprint density at radius 3 is 2.85 bits per heavy atom. The van der Waals surface area contributed by atoms with Crippen molar-refractivity contribution in [2.45, 2.75) is 51.3 Å². The van der Waals surface area contributed by atoms with Crippen LogP contribution in [0.4, 0.5) is 0 Å². The van der Waals surface area contributed by atoms with Crippen LogP contribution in [0, 0.1) is 6.92 Å². The molecular weight excluding hydrogens is 248 g/mol. The molecule has 3 heteroatoms. The van der Waals surface area contributed by atoms with Gasteiger partial charge in [-0.15, -0.1) is 0 Å². The van der Waals surface area contributed by atoms with Crippen molar-refractivity contribution >= 4 is 0 Å². The van der Waals surface area contributed by atoms with Crippen LogP contribution in [0.3, 0.4) is 0 Å². The predicted octanol–water partition coefficient (Wildman–Crippen LogP) is 2.89. The van der Waals surface area contributed by atoms with E-state index in [0.29, 0.717) is 12.1 Å². The fourth-order valence-electron chi connectivity index (χ4n) is 3.61. The molecule has 1 aromatic rings. The molecule has 20 heavy (non-hydrogen) atoms. The molecule has 1 saturated heterocycles. The van der Waals surface area contributed by atoms with Gasteiger partial charge < -0.3 is 10.1 Å². The number of rotatable bonds is 2. The van der Waals surface area contributed by atoms with Gasteiger partial charge in [-0.3, -0.25) is 4.90 Å². The number of benzene rings is 1. The fraction of sp³-hybridized carbons (Fsp3) is 0.647. The molecule has 0 aromatic heterocycles. The maximum atomic E-state index is 6.47. The minimum atomic E-state index is 0.000203. The molecule has 2 aliphatic rings. The third-order valence-electron chi connectivity index (χ3n) is 4.87. The largest absolute Gasteiger partial charge is 0.485 e. The second-order valence-corrected chi connectivity index (χ2v) is 6.69. The molecule has 3 nitrogen and oxygen atoms in total. The second kappa shape index (κ2) is 5.05. The smallest absolute Gasteiger partial charge is 0.125 e. The Labute approximate surface area is 122 Å². The summed E-state index contributed by atoms with van der Waals surface area (Å²) in [6, 6.07) is 7.57. The van der Waals surface area contributed by atoms with Crippen LogP contribution in [0.15, 0.2) is 18.2 Å². The number of ether oxygens (including phenoxy) is 1. The highest BCUT2D eigenvalue weighted by Crippen LogP contribution is 2.44. The molecule has 0 radical (unpaired) electrons. The van der Waals surface area contributed by atoms with E-state index in [9.17, 15) is 0 Å². The summed E-state index contributed by atoms with van der Waals surface area (Å²) in [5.74, 6) is 1.08. The Bertz CT molecular complexity index is 500. The summed E-state index contributed by atoms with van der Waals surface area (Å²) >= 11 is 0. The van der Waals surface area contributed by atoms with Crippen molar-refractivity contribution in [3.05, 3.63) is 29.3 Å². The Morgan fingerprint density at radius 2 is 2.20 bits per heavy atom. The number of aryl methyl sites for hydroxylation is 1. The molecule has 1 fully saturated rings. The highest BCUT2D eigenvalue weighted by molar-refractivity contribution is 5.42. The van der Waals surface area contributed by atoms with Crippen molar-refractivity contribution in [1.82, 2.24) is 10.2 Å². The normalized spacial score (nSPS) is 29.8. The zero-order chi connectivity index (χ0) is 14.3. The van der Waals surface area contributed by atoms with Gasteiger partial charge in [-0.1, -0.05) is 17.7 Å². The van der Waals surface area contributed by atoms with Gasteiger partial charge in [0, 0.05) is 43.6 Å². The van der Waals surface area contributed by atoms with Crippen LogP contribution in [0.5, 0.6) is 5.75 Å². The van der Waals surface area contributed by atoms with Gasteiger partial charge in [0.05, 0.1) is 0 Å². The Balaban J connectivity index is 1.90. The summed E-state index contributed by atoms with van der Waals surface area (Å²) in [4.78, 5) is 2.53. The number of nitrogens with zero attached hydrogens (tertiary/aromatic N) is 1. The lowest BCUT2D eigenvalue weighted by molar-refractivity contribution is 0.0365. The van der Waals surface area contributed by atoms with Gasteiger partial charge in [0.2, 0.25) is 0 Å². The summed E-state index contributed by atoms with van der Waals surface area (Å²) in [6.45, 7) is 8.89. The highest BCUT2D eigenvalue weighted by atomic mass is 16.5. The molecule has 1 N–H and O–H groups in total. The van der Waals surface area contributed by atoms with Crippen molar-refractivity contribution in [3.8, 4) is 5.75 Å². The highest BCUT2D eigenvalue weighted by Gasteiger charge is 2.46. The van der Waals surface area contributed by atoms with E-state index < -0.39 is 0 Å². The number of hydrogen-bond donors (Lipinski definition) is 1. The van der Waals surface area contributed by atoms with Crippen LogP contribution in [0.25, 0.3) is 0 Å². The maximum absolute atomic E-state index is 6.47. The topological polar surface area (TPSA) is 24.5 Å². The number of nitrogens with one attached hydrogen (secondary N) is 1. The molecule has 110 valence electrons. The first-order valence-electron chi connectivity index (χ1n) is 7.74. The lowest BCUT2D eigenvalue weighted by atomic mass is 9.86. The molecule has 1 spiro atoms. The fourth-order valence-corrected chi connectivity index (χ4v) is 3.61. The third kappa shape index (κ3) is 2.33. The molecule has 2 heterocycles. The van der Waals surface area contributed by atoms with Crippen LogP contribution in [0.1, 0.15) is 43.9 Å². The molecule has 1 aromatic carbocycles. The van der Waals surface area contributed by atoms with Crippen molar-refractivity contribution in [2.24, 2.45) is 0 Å². The van der Waals surface area contributed by atoms with Crippen molar-refractivity contribution in [2.75, 3.05) is 20.1 Å². The lowest BCUT2D eigenvalue weighted by Crippen LogP contribution is -2.46. The van der Waals surface area contributed by atoms with E-state index in [1.54, 1.807) is 0 Å². The van der Waals surface area contributed by atoms with E-state index in [1.807, 2.05) is 0 Å². The summed E-state index contributed by atoms with van der Waals surface area (Å²) in [5, 5.41) is 3.48. The average molecular weight is 274 g/mol. The first-order valence-corrected chi connectivity index (χ1v) is 7.74. The number of likely N-dealkylation sites (tertiary alicyclic amines) is 1. The van der Waals surface area contributed by atoms with E-state index in [2.05, 4.69) is 56.2 Å². The van der Waals surface area contributed by atoms with Crippen molar-refractivity contribution in [1.29, 1.82) is 0 Å². The zero-order valence-electron chi connectivity index (χ0n) is 13.1. The minimum absolute atomic E-state index is 0.000203. The average Bonchev–Trinajstić information content (AvgIpc) is 2.82. The third-order valence-corrected chi connectivity index (χ3v) is 4.87. The monoisotopic (exact) mass is 274 g/mol. The summed E-state index contributed by atoms with van der Waals surface area (Å²) in [5.41, 5.74) is 2.63. The van der Waals surface area contributed by atoms with Gasteiger partial charge >= 0.3 is 0 Å². The molecule has 3 rings (SSSR count). The van der Waals surface area contributed by atoms with Gasteiger partial charge in [0.25, 0.3) is 0 Å². The van der Waals surface area contributed by atoms with Gasteiger partial charge in [-0.2, -0.15) is 0 Å². The van der Waals surface area contributed by atoms with Gasteiger partial charge in [-0.25, -0.2) is 0 Å². The molecule has 0 bridgehead atoms. The molecule has 2 unspecified atom stereocenters. The Kier molecular flexibility index (Phi) is 3.51. The van der Waals surface area contributed by atoms with Crippen LogP contribution < -0.4 is 10.1 Å². The molecular formula is C17H26N2O. The van der Waals surface area contributed by atoms with Gasteiger partial charge in [0.1, 0.15) is 11.4 Å². The number of hydrogen-bond acceptors (Lipinski definition) is 3. The first kappa shape index (κ1) is 13.9. The van der Waals surface area contributed by atoms with E-state index >= 15 is 0 Å². The van der Waals surface area contributed by atoms with E-state index in [1.165, 1.54) is 11.1 Å². The van der Waals surface area contributed by atoms with Crippen LogP contribution in [-0.4, -0.2) is 36.7 Å². The summed E-state index contributed by atoms with van der Waals surface area (Å²) < 4.78 is 6.47. The zero-order valence-corrected chi connectivity index (χ0v) is 13.1. The quantitative estimate of drug-likeness (QED) is 0.897. The van der Waals surface area contributed by atoms with Crippen LogP contribution >= 0.6 is 0 Å².